The maximum absolute atomic E-state index is 13.2. The number of thioether (sulfide) groups is 1. The molecule has 0 amide bonds. The van der Waals surface area contributed by atoms with Crippen LogP contribution in [0.5, 0.6) is 17.2 Å². The van der Waals surface area contributed by atoms with Gasteiger partial charge in [-0.1, -0.05) is 0 Å². The van der Waals surface area contributed by atoms with Crippen LogP contribution in [0.3, 0.4) is 0 Å². The number of methoxy groups -OCH3 is 3. The van der Waals surface area contributed by atoms with Gasteiger partial charge in [0.1, 0.15) is 16.5 Å². The van der Waals surface area contributed by atoms with Gasteiger partial charge < -0.3 is 19.9 Å². The van der Waals surface area contributed by atoms with Crippen LogP contribution in [0.4, 0.5) is 5.69 Å². The fourth-order valence-corrected chi connectivity index (χ4v) is 5.09. The Balaban J connectivity index is 1.97. The van der Waals surface area contributed by atoms with Gasteiger partial charge in [0, 0.05) is 23.7 Å². The minimum absolute atomic E-state index is 0.179. The summed E-state index contributed by atoms with van der Waals surface area (Å²) in [6.07, 6.45) is 3.42. The van der Waals surface area contributed by atoms with Crippen molar-refractivity contribution < 1.29 is 19.0 Å². The average molecular weight is 442 g/mol. The van der Waals surface area contributed by atoms with E-state index < -0.39 is 0 Å². The summed E-state index contributed by atoms with van der Waals surface area (Å²) in [6.45, 7) is 0. The fraction of sp³-hybridized carbons (Fsp3) is 0.190. The Hall–Kier alpha value is -3.22. The van der Waals surface area contributed by atoms with Crippen LogP contribution in [0.15, 0.2) is 40.9 Å². The van der Waals surface area contributed by atoms with Gasteiger partial charge in [-0.05, 0) is 29.8 Å². The summed E-state index contributed by atoms with van der Waals surface area (Å²) in [6, 6.07) is 9.06. The zero-order valence-corrected chi connectivity index (χ0v) is 18.2. The van der Waals surface area contributed by atoms with Crippen LogP contribution in [0, 0.1) is 11.3 Å². The number of nitriles is 1. The van der Waals surface area contributed by atoms with Crippen molar-refractivity contribution >= 4 is 34.6 Å². The van der Waals surface area contributed by atoms with Crippen molar-refractivity contribution in [2.75, 3.05) is 27.1 Å². The number of rotatable bonds is 8. The lowest BCUT2D eigenvalue weighted by Gasteiger charge is -2.13. The number of hydrogen-bond donors (Lipinski definition) is 1. The second kappa shape index (κ2) is 9.52. The molecule has 30 heavy (non-hydrogen) atoms. The van der Waals surface area contributed by atoms with E-state index in [1.54, 1.807) is 24.5 Å². The number of hydrogen-bond acceptors (Lipinski definition) is 9. The van der Waals surface area contributed by atoms with Crippen LogP contribution in [-0.2, 0) is 5.75 Å². The monoisotopic (exact) mass is 441 g/mol. The summed E-state index contributed by atoms with van der Waals surface area (Å²) in [7, 11) is 4.45. The molecule has 0 fully saturated rings. The SMILES string of the molecule is COc1cc(C(=O)c2sc(SCc3ccncc3)c(C#N)c2N)cc(OC)c1OC. The molecule has 0 bridgehead atoms. The molecule has 2 aromatic heterocycles. The molecule has 0 aliphatic carbocycles. The highest BCUT2D eigenvalue weighted by Gasteiger charge is 2.25. The number of anilines is 1. The molecule has 7 nitrogen and oxygen atoms in total. The van der Waals surface area contributed by atoms with E-state index in [1.807, 2.05) is 12.1 Å². The van der Waals surface area contributed by atoms with Crippen molar-refractivity contribution in [2.24, 2.45) is 0 Å². The second-order valence-corrected chi connectivity index (χ2v) is 8.27. The molecule has 0 aliphatic heterocycles. The maximum Gasteiger partial charge on any atom is 0.205 e. The van der Waals surface area contributed by atoms with Crippen LogP contribution in [0.2, 0.25) is 0 Å². The van der Waals surface area contributed by atoms with Gasteiger partial charge in [0.2, 0.25) is 11.5 Å². The van der Waals surface area contributed by atoms with Gasteiger partial charge in [-0.3, -0.25) is 9.78 Å². The van der Waals surface area contributed by atoms with E-state index in [9.17, 15) is 10.1 Å². The summed E-state index contributed by atoms with van der Waals surface area (Å²) < 4.78 is 16.7. The number of carbonyl (C=O) groups is 1. The van der Waals surface area contributed by atoms with Gasteiger partial charge in [-0.2, -0.15) is 5.26 Å². The molecule has 3 aromatic rings. The molecular weight excluding hydrogens is 422 g/mol. The molecule has 0 radical (unpaired) electrons. The Bertz CT molecular complexity index is 1080. The minimum Gasteiger partial charge on any atom is -0.493 e. The van der Waals surface area contributed by atoms with E-state index in [-0.39, 0.29) is 11.5 Å². The summed E-state index contributed by atoms with van der Waals surface area (Å²) >= 11 is 2.67. The number of aromatic nitrogens is 1. The third-order valence-corrected chi connectivity index (χ3v) is 6.82. The standard InChI is InChI=1S/C21H19N3O4S2/c1-26-15-8-13(9-16(27-2)19(15)28-3)18(25)20-17(23)14(10-22)21(30-20)29-11-12-4-6-24-7-5-12/h4-9H,11,23H2,1-3H3. The van der Waals surface area contributed by atoms with Gasteiger partial charge in [0.25, 0.3) is 0 Å². The molecule has 0 unspecified atom stereocenters. The second-order valence-electron chi connectivity index (χ2n) is 6.01. The fourth-order valence-electron chi connectivity index (χ4n) is 2.77. The zero-order valence-electron chi connectivity index (χ0n) is 16.6. The highest BCUT2D eigenvalue weighted by atomic mass is 32.2. The number of thiophene rings is 1. The number of ketones is 1. The third-order valence-electron chi connectivity index (χ3n) is 4.28. The van der Waals surface area contributed by atoms with E-state index >= 15 is 0 Å². The molecule has 2 heterocycles. The number of ether oxygens (including phenoxy) is 3. The average Bonchev–Trinajstić information content (AvgIpc) is 3.11. The lowest BCUT2D eigenvalue weighted by atomic mass is 10.1. The summed E-state index contributed by atoms with van der Waals surface area (Å²) in [5.74, 6) is 1.44. The number of nitrogens with zero attached hydrogens (tertiary/aromatic N) is 2. The molecule has 0 aliphatic rings. The van der Waals surface area contributed by atoms with Gasteiger partial charge >= 0.3 is 0 Å². The van der Waals surface area contributed by atoms with Crippen molar-refractivity contribution in [1.29, 1.82) is 5.26 Å². The van der Waals surface area contributed by atoms with Crippen molar-refractivity contribution in [1.82, 2.24) is 4.98 Å². The van der Waals surface area contributed by atoms with E-state index in [4.69, 9.17) is 19.9 Å². The number of benzene rings is 1. The van der Waals surface area contributed by atoms with Crippen LogP contribution in [0.1, 0.15) is 26.4 Å². The molecule has 0 atom stereocenters. The first-order chi connectivity index (χ1) is 14.5. The van der Waals surface area contributed by atoms with E-state index in [1.165, 1.54) is 44.4 Å². The topological polar surface area (TPSA) is 107 Å². The lowest BCUT2D eigenvalue weighted by molar-refractivity contribution is 0.104. The number of pyridine rings is 1. The Morgan fingerprint density at radius 1 is 1.17 bits per heavy atom. The lowest BCUT2D eigenvalue weighted by Crippen LogP contribution is -2.05. The summed E-state index contributed by atoms with van der Waals surface area (Å²) in [4.78, 5) is 17.5. The highest BCUT2D eigenvalue weighted by molar-refractivity contribution is 8.00. The van der Waals surface area contributed by atoms with Gasteiger partial charge in [-0.15, -0.1) is 23.1 Å². The Labute approximate surface area is 182 Å². The minimum atomic E-state index is -0.316. The molecular formula is C21H19N3O4S2. The molecule has 0 spiro atoms. The molecule has 0 saturated heterocycles. The van der Waals surface area contributed by atoms with Gasteiger partial charge in [-0.25, -0.2) is 0 Å². The quantitative estimate of drug-likeness (QED) is 0.410. The van der Waals surface area contributed by atoms with Crippen LogP contribution in [0.25, 0.3) is 0 Å². The van der Waals surface area contributed by atoms with E-state index in [0.29, 0.717) is 43.2 Å². The summed E-state index contributed by atoms with van der Waals surface area (Å²) in [5, 5.41) is 9.58. The predicted molar refractivity (Wildman–Crippen MR) is 117 cm³/mol. The molecule has 1 aromatic carbocycles. The van der Waals surface area contributed by atoms with E-state index in [0.717, 1.165) is 5.56 Å². The Morgan fingerprint density at radius 3 is 2.33 bits per heavy atom. The largest absolute Gasteiger partial charge is 0.493 e. The first-order valence-electron chi connectivity index (χ1n) is 8.72. The predicted octanol–water partition coefficient (Wildman–Crippen LogP) is 4.15. The maximum atomic E-state index is 13.2. The smallest absolute Gasteiger partial charge is 0.205 e. The van der Waals surface area contributed by atoms with Gasteiger partial charge in [0.15, 0.2) is 11.5 Å². The first-order valence-corrected chi connectivity index (χ1v) is 10.5. The first kappa shape index (κ1) is 21.5. The number of nitrogens with two attached hydrogens (primary N) is 1. The molecule has 154 valence electrons. The van der Waals surface area contributed by atoms with Crippen molar-refractivity contribution in [2.45, 2.75) is 9.96 Å². The van der Waals surface area contributed by atoms with Crippen molar-refractivity contribution in [3.8, 4) is 23.3 Å². The number of nitrogen functional groups attached to an aromatic ring is 1. The van der Waals surface area contributed by atoms with E-state index in [2.05, 4.69) is 11.1 Å². The highest BCUT2D eigenvalue weighted by Crippen LogP contribution is 2.42. The Morgan fingerprint density at radius 2 is 1.80 bits per heavy atom. The van der Waals surface area contributed by atoms with Gasteiger partial charge in [0.05, 0.1) is 31.2 Å². The molecule has 0 saturated carbocycles. The molecule has 3 rings (SSSR count). The molecule has 2 N–H and O–H groups in total. The molecule has 9 heteroatoms. The Kier molecular flexibility index (Phi) is 6.82. The zero-order chi connectivity index (χ0) is 21.7. The van der Waals surface area contributed by atoms with Crippen molar-refractivity contribution in [3.63, 3.8) is 0 Å². The van der Waals surface area contributed by atoms with Crippen LogP contribution >= 0.6 is 23.1 Å². The normalized spacial score (nSPS) is 10.3. The van der Waals surface area contributed by atoms with Crippen molar-refractivity contribution in [3.05, 3.63) is 58.2 Å². The van der Waals surface area contributed by atoms with Crippen LogP contribution in [-0.4, -0.2) is 32.1 Å². The summed E-state index contributed by atoms with van der Waals surface area (Å²) in [5.41, 5.74) is 8.05. The number of carbonyl (C=O) groups excluding carboxylic acids is 1. The third kappa shape index (κ3) is 4.20. The van der Waals surface area contributed by atoms with Crippen LogP contribution < -0.4 is 19.9 Å².